The Labute approximate surface area is 121 Å². The molecule has 0 amide bonds. The van der Waals surface area contributed by atoms with E-state index in [9.17, 15) is 10.1 Å². The summed E-state index contributed by atoms with van der Waals surface area (Å²) in [4.78, 5) is 10.2. The summed E-state index contributed by atoms with van der Waals surface area (Å²) in [6, 6.07) is 8.50. The van der Waals surface area contributed by atoms with Gasteiger partial charge in [0.25, 0.3) is 5.69 Å². The number of furan rings is 1. The zero-order valence-electron chi connectivity index (χ0n) is 11.0. The number of halogens is 1. The molecule has 0 spiro atoms. The van der Waals surface area contributed by atoms with Crippen molar-refractivity contribution in [2.45, 2.75) is 25.9 Å². The Morgan fingerprint density at radius 1 is 1.45 bits per heavy atom. The first kappa shape index (κ1) is 14.6. The molecule has 0 bridgehead atoms. The van der Waals surface area contributed by atoms with Crippen molar-refractivity contribution >= 4 is 17.3 Å². The maximum Gasteiger partial charge on any atom is 0.270 e. The van der Waals surface area contributed by atoms with Crippen LogP contribution in [-0.2, 0) is 13.0 Å². The number of benzene rings is 1. The minimum absolute atomic E-state index is 0.00221. The van der Waals surface area contributed by atoms with Crippen molar-refractivity contribution < 1.29 is 9.34 Å². The Hall–Kier alpha value is -1.85. The molecule has 5 nitrogen and oxygen atoms in total. The Balaban J connectivity index is 1.92. The van der Waals surface area contributed by atoms with Gasteiger partial charge >= 0.3 is 0 Å². The van der Waals surface area contributed by atoms with Gasteiger partial charge in [-0.05, 0) is 30.7 Å². The number of nitro benzene ring substituents is 1. The maximum absolute atomic E-state index is 10.6. The van der Waals surface area contributed by atoms with Crippen molar-refractivity contribution in [2.24, 2.45) is 0 Å². The molecule has 2 rings (SSSR count). The Morgan fingerprint density at radius 2 is 2.25 bits per heavy atom. The molecule has 0 saturated carbocycles. The zero-order chi connectivity index (χ0) is 14.5. The summed E-state index contributed by atoms with van der Waals surface area (Å²) in [5.41, 5.74) is 0.839. The van der Waals surface area contributed by atoms with Crippen LogP contribution in [0.5, 0.6) is 0 Å². The zero-order valence-corrected chi connectivity index (χ0v) is 11.8. The SMILES string of the molecule is CC(Cc1ccco1)NCc1ccc([N+](=O)[O-])cc1Cl. The minimum Gasteiger partial charge on any atom is -0.469 e. The summed E-state index contributed by atoms with van der Waals surface area (Å²) < 4.78 is 5.28. The van der Waals surface area contributed by atoms with E-state index in [4.69, 9.17) is 16.0 Å². The van der Waals surface area contributed by atoms with Crippen molar-refractivity contribution in [2.75, 3.05) is 0 Å². The van der Waals surface area contributed by atoms with Crippen molar-refractivity contribution in [3.05, 3.63) is 63.1 Å². The highest BCUT2D eigenvalue weighted by atomic mass is 35.5. The molecule has 1 heterocycles. The number of nitrogens with one attached hydrogen (secondary N) is 1. The first-order valence-corrected chi connectivity index (χ1v) is 6.62. The molecule has 1 aromatic carbocycles. The first-order valence-electron chi connectivity index (χ1n) is 6.25. The van der Waals surface area contributed by atoms with Gasteiger partial charge < -0.3 is 9.73 Å². The molecule has 0 aliphatic rings. The molecule has 106 valence electrons. The summed E-state index contributed by atoms with van der Waals surface area (Å²) in [5.74, 6) is 0.916. The van der Waals surface area contributed by atoms with E-state index in [2.05, 4.69) is 5.32 Å². The van der Waals surface area contributed by atoms with Crippen LogP contribution < -0.4 is 5.32 Å². The average molecular weight is 295 g/mol. The number of nitrogens with zero attached hydrogens (tertiary/aromatic N) is 1. The molecule has 0 aliphatic heterocycles. The van der Waals surface area contributed by atoms with Crippen LogP contribution in [0.3, 0.4) is 0 Å². The number of non-ortho nitro benzene ring substituents is 1. The molecule has 1 atom stereocenters. The number of hydrogen-bond donors (Lipinski definition) is 1. The predicted molar refractivity (Wildman–Crippen MR) is 76.8 cm³/mol. The van der Waals surface area contributed by atoms with Gasteiger partial charge in [-0.15, -0.1) is 0 Å². The van der Waals surface area contributed by atoms with E-state index in [1.165, 1.54) is 12.1 Å². The predicted octanol–water partition coefficient (Wildman–Crippen LogP) is 3.56. The van der Waals surface area contributed by atoms with Crippen LogP contribution in [-0.4, -0.2) is 11.0 Å². The lowest BCUT2D eigenvalue weighted by Crippen LogP contribution is -2.27. The molecule has 20 heavy (non-hydrogen) atoms. The Morgan fingerprint density at radius 3 is 2.85 bits per heavy atom. The van der Waals surface area contributed by atoms with Gasteiger partial charge in [0.1, 0.15) is 5.76 Å². The Kier molecular flexibility index (Phi) is 4.76. The summed E-state index contributed by atoms with van der Waals surface area (Å²) >= 11 is 6.04. The van der Waals surface area contributed by atoms with Crippen LogP contribution in [0, 0.1) is 10.1 Å². The normalized spacial score (nSPS) is 12.3. The highest BCUT2D eigenvalue weighted by molar-refractivity contribution is 6.31. The summed E-state index contributed by atoms with van der Waals surface area (Å²) in [7, 11) is 0. The molecule has 1 N–H and O–H groups in total. The second-order valence-electron chi connectivity index (χ2n) is 4.60. The minimum atomic E-state index is -0.456. The second kappa shape index (κ2) is 6.54. The molecule has 0 fully saturated rings. The summed E-state index contributed by atoms with van der Waals surface area (Å²) in [5, 5.41) is 14.3. The van der Waals surface area contributed by atoms with Crippen LogP contribution in [0.2, 0.25) is 5.02 Å². The fourth-order valence-electron chi connectivity index (χ4n) is 1.88. The smallest absolute Gasteiger partial charge is 0.270 e. The van der Waals surface area contributed by atoms with E-state index in [-0.39, 0.29) is 11.7 Å². The van der Waals surface area contributed by atoms with Gasteiger partial charge in [0.15, 0.2) is 0 Å². The molecular formula is C14H15ClN2O3. The molecule has 0 radical (unpaired) electrons. The van der Waals surface area contributed by atoms with Gasteiger partial charge in [0.05, 0.1) is 16.2 Å². The second-order valence-corrected chi connectivity index (χ2v) is 5.01. The van der Waals surface area contributed by atoms with Gasteiger partial charge in [-0.1, -0.05) is 11.6 Å². The fourth-order valence-corrected chi connectivity index (χ4v) is 2.12. The van der Waals surface area contributed by atoms with Gasteiger partial charge in [0.2, 0.25) is 0 Å². The fraction of sp³-hybridized carbons (Fsp3) is 0.286. The van der Waals surface area contributed by atoms with Crippen molar-refractivity contribution in [1.29, 1.82) is 0 Å². The van der Waals surface area contributed by atoms with Crippen LogP contribution in [0.15, 0.2) is 41.0 Å². The monoisotopic (exact) mass is 294 g/mol. The van der Waals surface area contributed by atoms with E-state index >= 15 is 0 Å². The summed E-state index contributed by atoms with van der Waals surface area (Å²) in [6.45, 7) is 2.60. The number of hydrogen-bond acceptors (Lipinski definition) is 4. The van der Waals surface area contributed by atoms with Crippen LogP contribution in [0.4, 0.5) is 5.69 Å². The van der Waals surface area contributed by atoms with Crippen LogP contribution in [0.1, 0.15) is 18.2 Å². The number of nitro groups is 1. The molecule has 0 saturated heterocycles. The molecule has 6 heteroatoms. The Bertz CT molecular complexity index is 584. The standard InChI is InChI=1S/C14H15ClN2O3/c1-10(7-13-3-2-6-20-13)16-9-11-4-5-12(17(18)19)8-14(11)15/h2-6,8,10,16H,7,9H2,1H3. The molecule has 2 aromatic rings. The quantitative estimate of drug-likeness (QED) is 0.653. The highest BCUT2D eigenvalue weighted by Crippen LogP contribution is 2.22. The van der Waals surface area contributed by atoms with E-state index in [0.29, 0.717) is 11.6 Å². The number of rotatable bonds is 6. The lowest BCUT2D eigenvalue weighted by atomic mass is 10.1. The van der Waals surface area contributed by atoms with Gasteiger partial charge in [-0.25, -0.2) is 0 Å². The van der Waals surface area contributed by atoms with Crippen LogP contribution >= 0.6 is 11.6 Å². The van der Waals surface area contributed by atoms with Gasteiger partial charge in [-0.2, -0.15) is 0 Å². The molecular weight excluding hydrogens is 280 g/mol. The third-order valence-electron chi connectivity index (χ3n) is 2.98. The molecule has 1 unspecified atom stereocenters. The molecule has 0 aliphatic carbocycles. The van der Waals surface area contributed by atoms with E-state index in [1.807, 2.05) is 19.1 Å². The highest BCUT2D eigenvalue weighted by Gasteiger charge is 2.11. The third kappa shape index (κ3) is 3.82. The third-order valence-corrected chi connectivity index (χ3v) is 3.33. The van der Waals surface area contributed by atoms with Crippen molar-refractivity contribution in [3.63, 3.8) is 0 Å². The van der Waals surface area contributed by atoms with Crippen LogP contribution in [0.25, 0.3) is 0 Å². The lowest BCUT2D eigenvalue weighted by Gasteiger charge is -2.13. The lowest BCUT2D eigenvalue weighted by molar-refractivity contribution is -0.384. The van der Waals surface area contributed by atoms with Crippen molar-refractivity contribution in [1.82, 2.24) is 5.32 Å². The average Bonchev–Trinajstić information content (AvgIpc) is 2.90. The van der Waals surface area contributed by atoms with Gasteiger partial charge in [0, 0.05) is 31.1 Å². The van der Waals surface area contributed by atoms with E-state index < -0.39 is 4.92 Å². The summed E-state index contributed by atoms with van der Waals surface area (Å²) in [6.07, 6.45) is 2.42. The van der Waals surface area contributed by atoms with E-state index in [1.54, 1.807) is 12.3 Å². The van der Waals surface area contributed by atoms with E-state index in [0.717, 1.165) is 17.7 Å². The first-order chi connectivity index (χ1) is 9.56. The maximum atomic E-state index is 10.6. The molecule has 1 aromatic heterocycles. The topological polar surface area (TPSA) is 68.3 Å². The van der Waals surface area contributed by atoms with Gasteiger partial charge in [-0.3, -0.25) is 10.1 Å². The largest absolute Gasteiger partial charge is 0.469 e. The van der Waals surface area contributed by atoms with Crippen molar-refractivity contribution in [3.8, 4) is 0 Å².